The molecule has 21 heavy (non-hydrogen) atoms. The van der Waals surface area contributed by atoms with Gasteiger partial charge < -0.3 is 10.2 Å². The fourth-order valence-corrected chi connectivity index (χ4v) is 2.57. The average Bonchev–Trinajstić information content (AvgIpc) is 2.47. The topological polar surface area (TPSA) is 48.5 Å². The molecule has 0 unspecified atom stereocenters. The smallest absolute Gasteiger partial charge is 0.255 e. The molecule has 1 aromatic rings. The number of nitrogens with one attached hydrogen (secondary N) is 1. The van der Waals surface area contributed by atoms with Gasteiger partial charge in [-0.05, 0) is 39.8 Å². The lowest BCUT2D eigenvalue weighted by molar-refractivity contribution is 0.0451. The third kappa shape index (κ3) is 3.94. The van der Waals surface area contributed by atoms with Crippen molar-refractivity contribution >= 4 is 11.7 Å². The fourth-order valence-electron chi connectivity index (χ4n) is 2.57. The van der Waals surface area contributed by atoms with Crippen molar-refractivity contribution in [2.45, 2.75) is 33.2 Å². The Morgan fingerprint density at radius 1 is 1.24 bits per heavy atom. The second kappa shape index (κ2) is 6.43. The van der Waals surface area contributed by atoms with Crippen molar-refractivity contribution in [1.29, 1.82) is 0 Å². The van der Waals surface area contributed by atoms with Crippen molar-refractivity contribution in [3.05, 3.63) is 23.9 Å². The highest BCUT2D eigenvalue weighted by molar-refractivity contribution is 5.94. The summed E-state index contributed by atoms with van der Waals surface area (Å²) < 4.78 is 0. The number of piperazine rings is 1. The molecule has 1 amide bonds. The van der Waals surface area contributed by atoms with E-state index in [0.717, 1.165) is 38.5 Å². The monoisotopic (exact) mass is 290 g/mol. The maximum atomic E-state index is 12.5. The summed E-state index contributed by atoms with van der Waals surface area (Å²) in [5, 5.41) is 3.13. The van der Waals surface area contributed by atoms with Gasteiger partial charge in [0, 0.05) is 44.5 Å². The number of aromatic nitrogens is 1. The Hall–Kier alpha value is -1.62. The van der Waals surface area contributed by atoms with E-state index in [1.54, 1.807) is 6.20 Å². The van der Waals surface area contributed by atoms with Gasteiger partial charge in [0.05, 0.1) is 5.56 Å². The number of anilines is 1. The molecule has 1 fully saturated rings. The lowest BCUT2D eigenvalue weighted by Crippen LogP contribution is -2.54. The molecule has 0 bridgehead atoms. The van der Waals surface area contributed by atoms with Crippen LogP contribution in [-0.4, -0.2) is 59.0 Å². The number of hydrogen-bond acceptors (Lipinski definition) is 4. The van der Waals surface area contributed by atoms with Crippen LogP contribution >= 0.6 is 0 Å². The van der Waals surface area contributed by atoms with E-state index in [0.29, 0.717) is 5.56 Å². The molecule has 0 atom stereocenters. The van der Waals surface area contributed by atoms with Crippen molar-refractivity contribution in [3.8, 4) is 0 Å². The minimum absolute atomic E-state index is 0.0825. The van der Waals surface area contributed by atoms with Gasteiger partial charge in [-0.2, -0.15) is 0 Å². The normalized spacial score (nSPS) is 16.9. The predicted octanol–water partition coefficient (Wildman–Crippen LogP) is 2.07. The van der Waals surface area contributed by atoms with Crippen molar-refractivity contribution in [1.82, 2.24) is 14.8 Å². The Morgan fingerprint density at radius 3 is 2.38 bits per heavy atom. The molecular formula is C16H26N4O. The molecule has 0 aliphatic carbocycles. The van der Waals surface area contributed by atoms with Crippen molar-refractivity contribution in [2.75, 3.05) is 38.0 Å². The number of rotatable bonds is 3. The fraction of sp³-hybridized carbons (Fsp3) is 0.625. The van der Waals surface area contributed by atoms with Crippen LogP contribution < -0.4 is 5.32 Å². The predicted molar refractivity (Wildman–Crippen MR) is 85.6 cm³/mol. The summed E-state index contributed by atoms with van der Waals surface area (Å²) in [4.78, 5) is 21.1. The van der Waals surface area contributed by atoms with Crippen LogP contribution in [0.25, 0.3) is 0 Å². The standard InChI is InChI=1S/C16H26N4O/c1-5-17-14-7-6-13(12-18-14)15(21)19-8-10-20(11-9-19)16(2,3)4/h6-7,12H,5,8-11H2,1-4H3,(H,17,18). The molecule has 0 saturated carbocycles. The molecule has 1 aromatic heterocycles. The lowest BCUT2D eigenvalue weighted by Gasteiger charge is -2.42. The van der Waals surface area contributed by atoms with Crippen LogP contribution in [0.15, 0.2) is 18.3 Å². The van der Waals surface area contributed by atoms with E-state index in [-0.39, 0.29) is 11.4 Å². The van der Waals surface area contributed by atoms with E-state index < -0.39 is 0 Å². The van der Waals surface area contributed by atoms with Crippen LogP contribution in [0.5, 0.6) is 0 Å². The minimum Gasteiger partial charge on any atom is -0.370 e. The Labute approximate surface area is 127 Å². The molecule has 2 heterocycles. The van der Waals surface area contributed by atoms with Gasteiger partial charge >= 0.3 is 0 Å². The van der Waals surface area contributed by atoms with Crippen molar-refractivity contribution < 1.29 is 4.79 Å². The number of amides is 1. The zero-order valence-corrected chi connectivity index (χ0v) is 13.5. The van der Waals surface area contributed by atoms with Gasteiger partial charge in [0.1, 0.15) is 5.82 Å². The van der Waals surface area contributed by atoms with Crippen LogP contribution in [0.3, 0.4) is 0 Å². The van der Waals surface area contributed by atoms with E-state index in [1.165, 1.54) is 0 Å². The van der Waals surface area contributed by atoms with Gasteiger partial charge in [0.25, 0.3) is 5.91 Å². The SMILES string of the molecule is CCNc1ccc(C(=O)N2CCN(C(C)(C)C)CC2)cn1. The summed E-state index contributed by atoms with van der Waals surface area (Å²) in [7, 11) is 0. The average molecular weight is 290 g/mol. The summed E-state index contributed by atoms with van der Waals surface area (Å²) >= 11 is 0. The van der Waals surface area contributed by atoms with E-state index in [9.17, 15) is 4.79 Å². The minimum atomic E-state index is 0.0825. The first-order chi connectivity index (χ1) is 9.91. The van der Waals surface area contributed by atoms with E-state index >= 15 is 0 Å². The zero-order chi connectivity index (χ0) is 15.5. The highest BCUT2D eigenvalue weighted by atomic mass is 16.2. The quantitative estimate of drug-likeness (QED) is 0.926. The number of hydrogen-bond donors (Lipinski definition) is 1. The van der Waals surface area contributed by atoms with Gasteiger partial charge in [0.2, 0.25) is 0 Å². The molecule has 0 spiro atoms. The van der Waals surface area contributed by atoms with E-state index in [4.69, 9.17) is 0 Å². The summed E-state index contributed by atoms with van der Waals surface area (Å²) in [6.07, 6.45) is 1.66. The second-order valence-corrected chi connectivity index (χ2v) is 6.41. The summed E-state index contributed by atoms with van der Waals surface area (Å²) in [6.45, 7) is 12.9. The summed E-state index contributed by atoms with van der Waals surface area (Å²) in [6, 6.07) is 3.71. The summed E-state index contributed by atoms with van der Waals surface area (Å²) in [5.74, 6) is 0.894. The maximum Gasteiger partial charge on any atom is 0.255 e. The first-order valence-corrected chi connectivity index (χ1v) is 7.66. The van der Waals surface area contributed by atoms with Crippen LogP contribution in [0.2, 0.25) is 0 Å². The third-order valence-electron chi connectivity index (χ3n) is 3.88. The Balaban J connectivity index is 1.95. The number of carbonyl (C=O) groups is 1. The van der Waals surface area contributed by atoms with Gasteiger partial charge in [-0.25, -0.2) is 4.98 Å². The highest BCUT2D eigenvalue weighted by Crippen LogP contribution is 2.17. The Bertz CT molecular complexity index is 470. The Morgan fingerprint density at radius 2 is 1.90 bits per heavy atom. The second-order valence-electron chi connectivity index (χ2n) is 6.41. The zero-order valence-electron chi connectivity index (χ0n) is 13.5. The molecule has 1 saturated heterocycles. The molecule has 2 rings (SSSR count). The van der Waals surface area contributed by atoms with E-state index in [2.05, 4.69) is 36.0 Å². The summed E-state index contributed by atoms with van der Waals surface area (Å²) in [5.41, 5.74) is 0.838. The molecule has 1 aliphatic heterocycles. The van der Waals surface area contributed by atoms with Gasteiger partial charge in [-0.15, -0.1) is 0 Å². The van der Waals surface area contributed by atoms with Crippen molar-refractivity contribution in [3.63, 3.8) is 0 Å². The van der Waals surface area contributed by atoms with Crippen LogP contribution in [0.1, 0.15) is 38.1 Å². The van der Waals surface area contributed by atoms with Crippen LogP contribution in [-0.2, 0) is 0 Å². The molecule has 0 radical (unpaired) electrons. The third-order valence-corrected chi connectivity index (χ3v) is 3.88. The Kier molecular flexibility index (Phi) is 4.83. The van der Waals surface area contributed by atoms with Gasteiger partial charge in [-0.3, -0.25) is 9.69 Å². The van der Waals surface area contributed by atoms with Gasteiger partial charge in [0.15, 0.2) is 0 Å². The molecule has 0 aromatic carbocycles. The van der Waals surface area contributed by atoms with Crippen LogP contribution in [0.4, 0.5) is 5.82 Å². The molecule has 1 N–H and O–H groups in total. The van der Waals surface area contributed by atoms with Gasteiger partial charge in [-0.1, -0.05) is 0 Å². The molecule has 116 valence electrons. The first-order valence-electron chi connectivity index (χ1n) is 7.66. The molecule has 1 aliphatic rings. The van der Waals surface area contributed by atoms with Crippen molar-refractivity contribution in [2.24, 2.45) is 0 Å². The molecular weight excluding hydrogens is 264 g/mol. The molecule has 5 heteroatoms. The lowest BCUT2D eigenvalue weighted by atomic mass is 10.0. The number of carbonyl (C=O) groups excluding carboxylic acids is 1. The largest absolute Gasteiger partial charge is 0.370 e. The number of pyridine rings is 1. The molecule has 5 nitrogen and oxygen atoms in total. The first kappa shape index (κ1) is 15.8. The number of nitrogens with zero attached hydrogens (tertiary/aromatic N) is 3. The highest BCUT2D eigenvalue weighted by Gasteiger charge is 2.28. The van der Waals surface area contributed by atoms with Crippen LogP contribution in [0, 0.1) is 0 Å². The van der Waals surface area contributed by atoms with E-state index in [1.807, 2.05) is 24.0 Å². The maximum absolute atomic E-state index is 12.5.